The van der Waals surface area contributed by atoms with Gasteiger partial charge in [0.05, 0.1) is 22.2 Å². The zero-order chi connectivity index (χ0) is 19.6. The van der Waals surface area contributed by atoms with E-state index in [1.165, 1.54) is 6.07 Å². The van der Waals surface area contributed by atoms with E-state index < -0.39 is 23.9 Å². The molecule has 1 aromatic heterocycles. The van der Waals surface area contributed by atoms with Gasteiger partial charge >= 0.3 is 6.18 Å². The van der Waals surface area contributed by atoms with Gasteiger partial charge in [0.15, 0.2) is 0 Å². The first-order valence-corrected chi connectivity index (χ1v) is 9.10. The standard InChI is InChI=1S/C17H17Cl2F3N4O/c18-11-6-5-9(7-12(11)19)24-16-23-8-10(17(20,21)22)15(26-16)25-13-3-1-2-4-14(13)27/h5-8,13-14,27H,1-4H2,(H2,23,24,25,26). The molecule has 2 unspecified atom stereocenters. The predicted octanol–water partition coefficient (Wildman–Crippen LogP) is 5.26. The molecule has 2 atom stereocenters. The van der Waals surface area contributed by atoms with Crippen molar-refractivity contribution in [3.63, 3.8) is 0 Å². The second-order valence-corrected chi connectivity index (χ2v) is 7.12. The molecule has 1 saturated carbocycles. The molecule has 1 aliphatic rings. The molecule has 27 heavy (non-hydrogen) atoms. The van der Waals surface area contributed by atoms with Crippen LogP contribution >= 0.6 is 23.2 Å². The van der Waals surface area contributed by atoms with Crippen molar-refractivity contribution >= 4 is 40.7 Å². The number of rotatable bonds is 4. The number of benzene rings is 1. The third-order valence-corrected chi connectivity index (χ3v) is 5.06. The molecule has 0 amide bonds. The summed E-state index contributed by atoms with van der Waals surface area (Å²) in [6.07, 6.45) is -1.85. The fourth-order valence-corrected chi connectivity index (χ4v) is 3.22. The van der Waals surface area contributed by atoms with E-state index in [0.29, 0.717) is 29.7 Å². The van der Waals surface area contributed by atoms with Gasteiger partial charge in [-0.15, -0.1) is 0 Å². The van der Waals surface area contributed by atoms with E-state index in [-0.39, 0.29) is 16.8 Å². The molecular weight excluding hydrogens is 404 g/mol. The minimum absolute atomic E-state index is 0.0332. The lowest BCUT2D eigenvalue weighted by atomic mass is 9.92. The van der Waals surface area contributed by atoms with E-state index in [1.807, 2.05) is 0 Å². The predicted molar refractivity (Wildman–Crippen MR) is 98.7 cm³/mol. The normalized spacial score (nSPS) is 20.4. The summed E-state index contributed by atoms with van der Waals surface area (Å²) in [6.45, 7) is 0. The molecule has 0 saturated heterocycles. The Hall–Kier alpha value is -1.77. The Morgan fingerprint density at radius 1 is 1.11 bits per heavy atom. The monoisotopic (exact) mass is 420 g/mol. The quantitative estimate of drug-likeness (QED) is 0.628. The maximum absolute atomic E-state index is 13.3. The van der Waals surface area contributed by atoms with Crippen molar-refractivity contribution in [1.29, 1.82) is 0 Å². The first-order chi connectivity index (χ1) is 12.7. The van der Waals surface area contributed by atoms with Crippen LogP contribution in [-0.4, -0.2) is 27.2 Å². The first kappa shape index (κ1) is 20.0. The number of aliphatic hydroxyl groups is 1. The van der Waals surface area contributed by atoms with Crippen molar-refractivity contribution in [3.05, 3.63) is 40.0 Å². The zero-order valence-electron chi connectivity index (χ0n) is 14.0. The van der Waals surface area contributed by atoms with Gasteiger partial charge in [-0.05, 0) is 31.0 Å². The SMILES string of the molecule is OC1CCCCC1Nc1nc(Nc2ccc(Cl)c(Cl)c2)ncc1C(F)(F)F. The zero-order valence-corrected chi connectivity index (χ0v) is 15.5. The third-order valence-electron chi connectivity index (χ3n) is 4.32. The lowest BCUT2D eigenvalue weighted by molar-refractivity contribution is -0.137. The second-order valence-electron chi connectivity index (χ2n) is 6.31. The lowest BCUT2D eigenvalue weighted by Gasteiger charge is -2.29. The number of aromatic nitrogens is 2. The molecule has 1 heterocycles. The van der Waals surface area contributed by atoms with Gasteiger partial charge in [0.25, 0.3) is 0 Å². The van der Waals surface area contributed by atoms with Gasteiger partial charge in [0, 0.05) is 11.9 Å². The van der Waals surface area contributed by atoms with Crippen LogP contribution in [0.15, 0.2) is 24.4 Å². The summed E-state index contributed by atoms with van der Waals surface area (Å²) in [5.74, 6) is -0.403. The van der Waals surface area contributed by atoms with Crippen LogP contribution in [0.25, 0.3) is 0 Å². The van der Waals surface area contributed by atoms with E-state index in [0.717, 1.165) is 12.8 Å². The van der Waals surface area contributed by atoms with Crippen molar-refractivity contribution in [3.8, 4) is 0 Å². The molecule has 3 rings (SSSR count). The highest BCUT2D eigenvalue weighted by Gasteiger charge is 2.36. The minimum atomic E-state index is -4.62. The van der Waals surface area contributed by atoms with Crippen molar-refractivity contribution in [2.45, 2.75) is 44.0 Å². The molecular formula is C17H17Cl2F3N4O. The lowest BCUT2D eigenvalue weighted by Crippen LogP contribution is -2.37. The molecule has 0 bridgehead atoms. The summed E-state index contributed by atoms with van der Waals surface area (Å²) < 4.78 is 40.0. The van der Waals surface area contributed by atoms with Crippen LogP contribution in [0.1, 0.15) is 31.2 Å². The number of nitrogens with zero attached hydrogens (tertiary/aromatic N) is 2. The van der Waals surface area contributed by atoms with Crippen LogP contribution in [0.5, 0.6) is 0 Å². The van der Waals surface area contributed by atoms with Gasteiger partial charge in [-0.25, -0.2) is 4.98 Å². The molecule has 1 aliphatic carbocycles. The largest absolute Gasteiger partial charge is 0.421 e. The van der Waals surface area contributed by atoms with Gasteiger partial charge in [0.2, 0.25) is 5.95 Å². The number of aliphatic hydroxyl groups excluding tert-OH is 1. The highest BCUT2D eigenvalue weighted by Crippen LogP contribution is 2.35. The highest BCUT2D eigenvalue weighted by molar-refractivity contribution is 6.42. The van der Waals surface area contributed by atoms with Crippen LogP contribution < -0.4 is 10.6 Å². The van der Waals surface area contributed by atoms with Crippen LogP contribution in [0.4, 0.5) is 30.6 Å². The maximum atomic E-state index is 13.3. The third kappa shape index (κ3) is 4.94. The summed E-state index contributed by atoms with van der Waals surface area (Å²) in [5.41, 5.74) is -0.507. The molecule has 5 nitrogen and oxygen atoms in total. The number of hydrogen-bond acceptors (Lipinski definition) is 5. The Labute approximate surface area is 163 Å². The first-order valence-electron chi connectivity index (χ1n) is 8.35. The van der Waals surface area contributed by atoms with Gasteiger partial charge in [-0.2, -0.15) is 18.2 Å². The van der Waals surface area contributed by atoms with E-state index in [4.69, 9.17) is 23.2 Å². The average molecular weight is 421 g/mol. The Kier molecular flexibility index (Phi) is 5.98. The molecule has 1 aromatic carbocycles. The summed E-state index contributed by atoms with van der Waals surface area (Å²) >= 11 is 11.8. The van der Waals surface area contributed by atoms with Gasteiger partial charge in [-0.1, -0.05) is 36.0 Å². The Balaban J connectivity index is 1.88. The second kappa shape index (κ2) is 8.08. The molecule has 0 aliphatic heterocycles. The number of nitrogens with one attached hydrogen (secondary N) is 2. The smallest absolute Gasteiger partial charge is 0.391 e. The van der Waals surface area contributed by atoms with Gasteiger partial charge in [-0.3, -0.25) is 0 Å². The Morgan fingerprint density at radius 2 is 1.85 bits per heavy atom. The summed E-state index contributed by atoms with van der Waals surface area (Å²) in [6, 6.07) is 4.18. The van der Waals surface area contributed by atoms with E-state index in [9.17, 15) is 18.3 Å². The molecule has 3 N–H and O–H groups in total. The number of anilines is 3. The Morgan fingerprint density at radius 3 is 2.52 bits per heavy atom. The maximum Gasteiger partial charge on any atom is 0.421 e. The summed E-state index contributed by atoms with van der Waals surface area (Å²) in [4.78, 5) is 7.72. The molecule has 146 valence electrons. The average Bonchev–Trinajstić information content (AvgIpc) is 2.59. The molecule has 2 aromatic rings. The fourth-order valence-electron chi connectivity index (χ4n) is 2.92. The van der Waals surface area contributed by atoms with E-state index in [2.05, 4.69) is 20.6 Å². The fraction of sp³-hybridized carbons (Fsp3) is 0.412. The van der Waals surface area contributed by atoms with Gasteiger partial charge in [0.1, 0.15) is 11.4 Å². The highest BCUT2D eigenvalue weighted by atomic mass is 35.5. The van der Waals surface area contributed by atoms with E-state index in [1.54, 1.807) is 12.1 Å². The van der Waals surface area contributed by atoms with Crippen molar-refractivity contribution in [2.75, 3.05) is 10.6 Å². The molecule has 0 spiro atoms. The Bertz CT molecular complexity index is 819. The van der Waals surface area contributed by atoms with Crippen LogP contribution in [0, 0.1) is 0 Å². The van der Waals surface area contributed by atoms with Crippen molar-refractivity contribution < 1.29 is 18.3 Å². The summed E-state index contributed by atoms with van der Waals surface area (Å²) in [5, 5.41) is 16.2. The number of halogens is 5. The summed E-state index contributed by atoms with van der Waals surface area (Å²) in [7, 11) is 0. The minimum Gasteiger partial charge on any atom is -0.391 e. The van der Waals surface area contributed by atoms with Crippen LogP contribution in [0.3, 0.4) is 0 Å². The molecule has 10 heteroatoms. The number of alkyl halides is 3. The van der Waals surface area contributed by atoms with E-state index >= 15 is 0 Å². The van der Waals surface area contributed by atoms with Crippen LogP contribution in [0.2, 0.25) is 10.0 Å². The molecule has 0 radical (unpaired) electrons. The van der Waals surface area contributed by atoms with Crippen molar-refractivity contribution in [1.82, 2.24) is 9.97 Å². The van der Waals surface area contributed by atoms with Crippen LogP contribution in [-0.2, 0) is 6.18 Å². The topological polar surface area (TPSA) is 70.1 Å². The van der Waals surface area contributed by atoms with Gasteiger partial charge < -0.3 is 15.7 Å². The molecule has 1 fully saturated rings. The number of hydrogen-bond donors (Lipinski definition) is 3. The van der Waals surface area contributed by atoms with Crippen molar-refractivity contribution in [2.24, 2.45) is 0 Å².